The lowest BCUT2D eigenvalue weighted by molar-refractivity contribution is -0.119. The number of nitrogens with one attached hydrogen (secondary N) is 1. The highest BCUT2D eigenvalue weighted by Crippen LogP contribution is 1.95. The van der Waals surface area contributed by atoms with Crippen LogP contribution < -0.4 is 5.32 Å². The fourth-order valence-electron chi connectivity index (χ4n) is 1.33. The fourth-order valence-corrected chi connectivity index (χ4v) is 1.50. The second-order valence-corrected chi connectivity index (χ2v) is 4.41. The molecule has 0 rings (SSSR count). The highest BCUT2D eigenvalue weighted by atomic mass is 35.5. The molecule has 0 atom stereocenters. The number of carbonyl (C=O) groups excluding carboxylic acids is 2. The standard InChI is InChI=1S/C11H22ClN3O2/c1-4-15(9-5-8-14(2)3)11(17)13-10(16)6-7-12/h4-9H2,1-3H3,(H,13,16,17). The van der Waals surface area contributed by atoms with Gasteiger partial charge in [-0.1, -0.05) is 0 Å². The molecule has 3 amide bonds. The Hall–Kier alpha value is -0.810. The molecule has 0 radical (unpaired) electrons. The van der Waals surface area contributed by atoms with E-state index in [4.69, 9.17) is 11.6 Å². The van der Waals surface area contributed by atoms with Crippen molar-refractivity contribution in [1.29, 1.82) is 0 Å². The van der Waals surface area contributed by atoms with Gasteiger partial charge in [-0.25, -0.2) is 4.79 Å². The van der Waals surface area contributed by atoms with Crippen LogP contribution in [-0.2, 0) is 4.79 Å². The zero-order valence-electron chi connectivity index (χ0n) is 10.8. The third-order valence-corrected chi connectivity index (χ3v) is 2.46. The fraction of sp³-hybridized carbons (Fsp3) is 0.818. The minimum absolute atomic E-state index is 0.169. The molecule has 0 spiro atoms. The van der Waals surface area contributed by atoms with E-state index in [2.05, 4.69) is 10.2 Å². The third-order valence-electron chi connectivity index (χ3n) is 2.27. The first-order chi connectivity index (χ1) is 8.01. The number of hydrogen-bond acceptors (Lipinski definition) is 3. The van der Waals surface area contributed by atoms with Crippen LogP contribution in [0, 0.1) is 0 Å². The maximum absolute atomic E-state index is 11.7. The Kier molecular flexibility index (Phi) is 8.80. The second kappa shape index (κ2) is 9.24. The molecule has 0 saturated heterocycles. The van der Waals surface area contributed by atoms with Gasteiger partial charge in [0.05, 0.1) is 0 Å². The second-order valence-electron chi connectivity index (χ2n) is 4.03. The van der Waals surface area contributed by atoms with E-state index in [0.717, 1.165) is 13.0 Å². The van der Waals surface area contributed by atoms with E-state index in [1.165, 1.54) is 0 Å². The number of imide groups is 1. The van der Waals surface area contributed by atoms with E-state index in [1.807, 2.05) is 21.0 Å². The molecule has 0 bridgehead atoms. The van der Waals surface area contributed by atoms with Crippen LogP contribution in [0.1, 0.15) is 19.8 Å². The van der Waals surface area contributed by atoms with Gasteiger partial charge in [-0.2, -0.15) is 0 Å². The molecule has 0 aromatic rings. The number of halogens is 1. The van der Waals surface area contributed by atoms with Crippen molar-refractivity contribution in [2.24, 2.45) is 0 Å². The Morgan fingerprint density at radius 3 is 2.35 bits per heavy atom. The van der Waals surface area contributed by atoms with E-state index in [-0.39, 0.29) is 24.2 Å². The maximum atomic E-state index is 11.7. The van der Waals surface area contributed by atoms with Crippen LogP contribution in [0.15, 0.2) is 0 Å². The largest absolute Gasteiger partial charge is 0.325 e. The smallest absolute Gasteiger partial charge is 0.324 e. The van der Waals surface area contributed by atoms with Gasteiger partial charge in [-0.3, -0.25) is 10.1 Å². The molecular formula is C11H22ClN3O2. The van der Waals surface area contributed by atoms with Gasteiger partial charge in [0, 0.05) is 25.4 Å². The molecule has 0 aromatic heterocycles. The molecule has 100 valence electrons. The predicted octanol–water partition coefficient (Wildman–Crippen LogP) is 1.13. The van der Waals surface area contributed by atoms with Gasteiger partial charge in [-0.05, 0) is 34.0 Å². The Morgan fingerprint density at radius 2 is 1.88 bits per heavy atom. The van der Waals surface area contributed by atoms with Gasteiger partial charge in [0.1, 0.15) is 0 Å². The summed E-state index contributed by atoms with van der Waals surface area (Å²) in [5.41, 5.74) is 0. The summed E-state index contributed by atoms with van der Waals surface area (Å²) in [7, 11) is 3.97. The first kappa shape index (κ1) is 16.2. The van der Waals surface area contributed by atoms with E-state index in [1.54, 1.807) is 4.90 Å². The molecule has 0 saturated carbocycles. The van der Waals surface area contributed by atoms with Crippen molar-refractivity contribution in [3.63, 3.8) is 0 Å². The summed E-state index contributed by atoms with van der Waals surface area (Å²) in [6, 6.07) is -0.332. The third kappa shape index (κ3) is 7.99. The molecule has 0 heterocycles. The van der Waals surface area contributed by atoms with Gasteiger partial charge < -0.3 is 9.80 Å². The van der Waals surface area contributed by atoms with Crippen molar-refractivity contribution in [2.45, 2.75) is 19.8 Å². The van der Waals surface area contributed by atoms with Crippen LogP contribution in [0.2, 0.25) is 0 Å². The van der Waals surface area contributed by atoms with E-state index in [0.29, 0.717) is 13.1 Å². The van der Waals surface area contributed by atoms with Crippen molar-refractivity contribution in [3.8, 4) is 0 Å². The number of urea groups is 1. The molecular weight excluding hydrogens is 242 g/mol. The summed E-state index contributed by atoms with van der Waals surface area (Å²) >= 11 is 5.42. The zero-order chi connectivity index (χ0) is 13.3. The molecule has 0 fully saturated rings. The van der Waals surface area contributed by atoms with Crippen LogP contribution in [0.4, 0.5) is 4.79 Å². The van der Waals surface area contributed by atoms with Crippen LogP contribution in [0.5, 0.6) is 0 Å². The average Bonchev–Trinajstić information content (AvgIpc) is 2.24. The minimum Gasteiger partial charge on any atom is -0.325 e. The normalized spacial score (nSPS) is 10.4. The van der Waals surface area contributed by atoms with Gasteiger partial charge in [0.25, 0.3) is 0 Å². The molecule has 0 aromatic carbocycles. The molecule has 5 nitrogen and oxygen atoms in total. The lowest BCUT2D eigenvalue weighted by Crippen LogP contribution is -2.43. The van der Waals surface area contributed by atoms with Crippen molar-refractivity contribution in [2.75, 3.05) is 39.6 Å². The molecule has 0 aliphatic heterocycles. The number of hydrogen-bond donors (Lipinski definition) is 1. The van der Waals surface area contributed by atoms with E-state index in [9.17, 15) is 9.59 Å². The van der Waals surface area contributed by atoms with Gasteiger partial charge in [-0.15, -0.1) is 11.6 Å². The molecule has 6 heteroatoms. The first-order valence-corrected chi connectivity index (χ1v) is 6.34. The van der Waals surface area contributed by atoms with Gasteiger partial charge in [0.15, 0.2) is 0 Å². The number of carbonyl (C=O) groups is 2. The van der Waals surface area contributed by atoms with Crippen molar-refractivity contribution in [3.05, 3.63) is 0 Å². The number of nitrogens with zero attached hydrogens (tertiary/aromatic N) is 2. The van der Waals surface area contributed by atoms with Crippen molar-refractivity contribution >= 4 is 23.5 Å². The number of rotatable bonds is 7. The monoisotopic (exact) mass is 263 g/mol. The topological polar surface area (TPSA) is 52.6 Å². The summed E-state index contributed by atoms with van der Waals surface area (Å²) in [6.07, 6.45) is 1.06. The lowest BCUT2D eigenvalue weighted by Gasteiger charge is -2.21. The summed E-state index contributed by atoms with van der Waals surface area (Å²) < 4.78 is 0. The Labute approximate surface area is 108 Å². The summed E-state index contributed by atoms with van der Waals surface area (Å²) in [4.78, 5) is 26.6. The van der Waals surface area contributed by atoms with Crippen LogP contribution in [0.3, 0.4) is 0 Å². The van der Waals surface area contributed by atoms with Gasteiger partial charge >= 0.3 is 6.03 Å². The zero-order valence-corrected chi connectivity index (χ0v) is 11.6. The van der Waals surface area contributed by atoms with Crippen molar-refractivity contribution in [1.82, 2.24) is 15.1 Å². The summed E-state index contributed by atoms with van der Waals surface area (Å²) in [5.74, 6) is -0.0950. The highest BCUT2D eigenvalue weighted by Gasteiger charge is 2.13. The SMILES string of the molecule is CCN(CCCN(C)C)C(=O)NC(=O)CCCl. The minimum atomic E-state index is -0.332. The molecule has 17 heavy (non-hydrogen) atoms. The lowest BCUT2D eigenvalue weighted by atomic mass is 10.3. The Morgan fingerprint density at radius 1 is 1.24 bits per heavy atom. The molecule has 1 N–H and O–H groups in total. The highest BCUT2D eigenvalue weighted by molar-refractivity contribution is 6.19. The van der Waals surface area contributed by atoms with Gasteiger partial charge in [0.2, 0.25) is 5.91 Å². The summed E-state index contributed by atoms with van der Waals surface area (Å²) in [5, 5.41) is 2.32. The Balaban J connectivity index is 3.99. The van der Waals surface area contributed by atoms with E-state index < -0.39 is 0 Å². The predicted molar refractivity (Wildman–Crippen MR) is 69.3 cm³/mol. The quantitative estimate of drug-likeness (QED) is 0.701. The maximum Gasteiger partial charge on any atom is 0.324 e. The first-order valence-electron chi connectivity index (χ1n) is 5.80. The summed E-state index contributed by atoms with van der Waals surface area (Å²) in [6.45, 7) is 4.04. The number of alkyl halides is 1. The van der Waals surface area contributed by atoms with Crippen LogP contribution >= 0.6 is 11.6 Å². The number of amides is 3. The van der Waals surface area contributed by atoms with Crippen LogP contribution in [-0.4, -0.2) is 61.3 Å². The Bertz CT molecular complexity index is 247. The molecule has 0 unspecified atom stereocenters. The van der Waals surface area contributed by atoms with E-state index >= 15 is 0 Å². The van der Waals surface area contributed by atoms with Crippen LogP contribution in [0.25, 0.3) is 0 Å². The molecule has 0 aliphatic rings. The average molecular weight is 264 g/mol. The molecule has 0 aliphatic carbocycles. The van der Waals surface area contributed by atoms with Crippen molar-refractivity contribution < 1.29 is 9.59 Å².